The van der Waals surface area contributed by atoms with Crippen molar-refractivity contribution in [1.29, 1.82) is 0 Å². The second-order valence-corrected chi connectivity index (χ2v) is 10.7. The maximum atomic E-state index is 13.5. The van der Waals surface area contributed by atoms with Crippen LogP contribution in [0.3, 0.4) is 0 Å². The number of urea groups is 1. The van der Waals surface area contributed by atoms with E-state index in [1.165, 1.54) is 12.6 Å². The first kappa shape index (κ1) is 29.2. The van der Waals surface area contributed by atoms with Crippen LogP contribution in [0, 0.1) is 5.92 Å². The van der Waals surface area contributed by atoms with E-state index < -0.39 is 18.0 Å². The van der Waals surface area contributed by atoms with Crippen molar-refractivity contribution in [1.82, 2.24) is 20.1 Å². The third-order valence-electron chi connectivity index (χ3n) is 7.82. The number of aromatic nitrogens is 1. The Hall–Kier alpha value is -3.75. The van der Waals surface area contributed by atoms with Gasteiger partial charge in [0.05, 0.1) is 24.6 Å². The number of pyridine rings is 1. The molecule has 1 N–H and O–H groups in total. The minimum atomic E-state index is -0.883. The SMILES string of the molecule is CCCCCCOC(=O)Cc1cc(C[C@H]2C(=O)N(C(=O)N3CCC[C@@H](c4ccccc4)C3)[C@@H]2C(=O)NC)ccn1. The lowest BCUT2D eigenvalue weighted by atomic mass is 9.81. The molecule has 2 aromatic rings. The number of β-lactam (4-membered cyclic amide) rings is 1. The highest BCUT2D eigenvalue weighted by Gasteiger charge is 2.55. The second-order valence-electron chi connectivity index (χ2n) is 10.7. The zero-order valence-corrected chi connectivity index (χ0v) is 23.5. The molecule has 1 aromatic heterocycles. The molecule has 9 heteroatoms. The molecule has 2 aliphatic rings. The fourth-order valence-corrected chi connectivity index (χ4v) is 5.63. The molecule has 0 saturated carbocycles. The van der Waals surface area contributed by atoms with Gasteiger partial charge in [-0.15, -0.1) is 0 Å². The number of carbonyl (C=O) groups excluding carboxylic acids is 4. The van der Waals surface area contributed by atoms with Crippen LogP contribution in [0.1, 0.15) is 68.2 Å². The highest BCUT2D eigenvalue weighted by atomic mass is 16.5. The van der Waals surface area contributed by atoms with Gasteiger partial charge in [0.1, 0.15) is 6.04 Å². The second kappa shape index (κ2) is 14.1. The van der Waals surface area contributed by atoms with Crippen LogP contribution in [-0.2, 0) is 32.0 Å². The number of nitrogens with one attached hydrogen (secondary N) is 1. The number of imide groups is 1. The fraction of sp³-hybridized carbons (Fsp3) is 0.516. The summed E-state index contributed by atoms with van der Waals surface area (Å²) in [6.45, 7) is 3.60. The van der Waals surface area contributed by atoms with Crippen molar-refractivity contribution >= 4 is 23.8 Å². The molecule has 0 aliphatic carbocycles. The van der Waals surface area contributed by atoms with E-state index in [4.69, 9.17) is 4.74 Å². The Morgan fingerprint density at radius 1 is 1.10 bits per heavy atom. The van der Waals surface area contributed by atoms with E-state index in [9.17, 15) is 19.2 Å². The van der Waals surface area contributed by atoms with Crippen LogP contribution < -0.4 is 5.32 Å². The van der Waals surface area contributed by atoms with Gasteiger partial charge < -0.3 is 15.0 Å². The molecule has 0 radical (unpaired) electrons. The van der Waals surface area contributed by atoms with Gasteiger partial charge in [-0.1, -0.05) is 56.5 Å². The Kier molecular flexibility index (Phi) is 10.3. The molecule has 3 atom stereocenters. The van der Waals surface area contributed by atoms with Crippen molar-refractivity contribution in [3.63, 3.8) is 0 Å². The van der Waals surface area contributed by atoms with Crippen molar-refractivity contribution in [2.45, 2.75) is 70.3 Å². The predicted molar refractivity (Wildman–Crippen MR) is 150 cm³/mol. The van der Waals surface area contributed by atoms with E-state index in [-0.39, 0.29) is 36.5 Å². The van der Waals surface area contributed by atoms with E-state index in [0.717, 1.165) is 49.0 Å². The Bertz CT molecular complexity index is 1190. The van der Waals surface area contributed by atoms with Crippen LogP contribution >= 0.6 is 0 Å². The van der Waals surface area contributed by atoms with E-state index in [1.54, 1.807) is 23.2 Å². The van der Waals surface area contributed by atoms with Crippen LogP contribution in [0.5, 0.6) is 0 Å². The molecule has 0 spiro atoms. The molecular formula is C31H40N4O5. The van der Waals surface area contributed by atoms with Crippen LogP contribution in [-0.4, -0.2) is 71.4 Å². The van der Waals surface area contributed by atoms with Crippen molar-refractivity contribution < 1.29 is 23.9 Å². The van der Waals surface area contributed by atoms with Crippen LogP contribution in [0.15, 0.2) is 48.7 Å². The standard InChI is InChI=1S/C31H40N4O5/c1-3-4-5-9-17-40-27(36)20-25-18-22(14-15-33-25)19-26-28(29(37)32-2)35(30(26)38)31(39)34-16-10-13-24(21-34)23-11-7-6-8-12-23/h6-8,11-12,14-15,18,24,26,28H,3-5,9-10,13,16-17,19-21H2,1-2H3,(H,32,37)/t24-,26-,28+/m1/s1. The summed E-state index contributed by atoms with van der Waals surface area (Å²) in [6, 6.07) is 12.3. The normalized spacial score (nSPS) is 20.6. The third-order valence-corrected chi connectivity index (χ3v) is 7.82. The zero-order chi connectivity index (χ0) is 28.5. The van der Waals surface area contributed by atoms with Crippen molar-refractivity contribution in [2.24, 2.45) is 5.92 Å². The molecule has 0 bridgehead atoms. The summed E-state index contributed by atoms with van der Waals surface area (Å²) in [5.74, 6) is -1.53. The summed E-state index contributed by atoms with van der Waals surface area (Å²) in [4.78, 5) is 59.0. The summed E-state index contributed by atoms with van der Waals surface area (Å²) in [7, 11) is 1.51. The number of hydrogen-bond acceptors (Lipinski definition) is 6. The zero-order valence-electron chi connectivity index (χ0n) is 23.5. The van der Waals surface area contributed by atoms with Gasteiger partial charge in [0.2, 0.25) is 11.8 Å². The van der Waals surface area contributed by atoms with Crippen LogP contribution in [0.25, 0.3) is 0 Å². The summed E-state index contributed by atoms with van der Waals surface area (Å²) in [5, 5.41) is 2.62. The monoisotopic (exact) mass is 548 g/mol. The van der Waals surface area contributed by atoms with Crippen molar-refractivity contribution in [3.05, 3.63) is 65.5 Å². The Morgan fingerprint density at radius 2 is 1.90 bits per heavy atom. The Balaban J connectivity index is 1.38. The Labute approximate surface area is 236 Å². The molecule has 0 unspecified atom stereocenters. The van der Waals surface area contributed by atoms with Gasteiger partial charge in [0.15, 0.2) is 0 Å². The lowest BCUT2D eigenvalue weighted by Crippen LogP contribution is -2.70. The smallest absolute Gasteiger partial charge is 0.327 e. The molecular weight excluding hydrogens is 508 g/mol. The molecule has 2 aliphatic heterocycles. The molecule has 1 aromatic carbocycles. The van der Waals surface area contributed by atoms with Gasteiger partial charge >= 0.3 is 12.0 Å². The number of esters is 1. The number of likely N-dealkylation sites (tertiary alicyclic amines) is 2. The predicted octanol–water partition coefficient (Wildman–Crippen LogP) is 3.86. The number of rotatable bonds is 11. The lowest BCUT2D eigenvalue weighted by Gasteiger charge is -2.47. The maximum absolute atomic E-state index is 13.5. The molecule has 214 valence electrons. The largest absolute Gasteiger partial charge is 0.465 e. The molecule has 40 heavy (non-hydrogen) atoms. The number of carbonyl (C=O) groups is 4. The average molecular weight is 549 g/mol. The lowest BCUT2D eigenvalue weighted by molar-refractivity contribution is -0.158. The van der Waals surface area contributed by atoms with Gasteiger partial charge in [-0.2, -0.15) is 0 Å². The quantitative estimate of drug-likeness (QED) is 0.260. The summed E-state index contributed by atoms with van der Waals surface area (Å²) in [6.07, 6.45) is 7.83. The molecule has 3 heterocycles. The van der Waals surface area contributed by atoms with Crippen LogP contribution in [0.4, 0.5) is 4.79 Å². The molecule has 4 amide bonds. The first-order valence-electron chi connectivity index (χ1n) is 14.4. The van der Waals surface area contributed by atoms with Crippen molar-refractivity contribution in [3.8, 4) is 0 Å². The van der Waals surface area contributed by atoms with E-state index in [2.05, 4.69) is 29.4 Å². The van der Waals surface area contributed by atoms with E-state index >= 15 is 0 Å². The number of benzene rings is 1. The number of ether oxygens (including phenoxy) is 1. The molecule has 2 saturated heterocycles. The van der Waals surface area contributed by atoms with E-state index in [1.807, 2.05) is 18.2 Å². The highest BCUT2D eigenvalue weighted by Crippen LogP contribution is 2.34. The van der Waals surface area contributed by atoms with Crippen LogP contribution in [0.2, 0.25) is 0 Å². The van der Waals surface area contributed by atoms with Gasteiger partial charge in [-0.3, -0.25) is 24.3 Å². The number of unbranched alkanes of at least 4 members (excludes halogenated alkanes) is 3. The van der Waals surface area contributed by atoms with Gasteiger partial charge in [-0.25, -0.2) is 4.79 Å². The third kappa shape index (κ3) is 7.06. The number of hydrogen-bond donors (Lipinski definition) is 1. The molecule has 9 nitrogen and oxygen atoms in total. The van der Waals surface area contributed by atoms with E-state index in [0.29, 0.717) is 25.4 Å². The highest BCUT2D eigenvalue weighted by molar-refractivity contribution is 6.09. The number of amides is 4. The first-order valence-corrected chi connectivity index (χ1v) is 14.4. The topological polar surface area (TPSA) is 109 Å². The number of nitrogens with zero attached hydrogens (tertiary/aromatic N) is 3. The van der Waals surface area contributed by atoms with Gasteiger partial charge in [-0.05, 0) is 48.9 Å². The maximum Gasteiger partial charge on any atom is 0.327 e. The fourth-order valence-electron chi connectivity index (χ4n) is 5.63. The number of piperidine rings is 1. The van der Waals surface area contributed by atoms with Crippen molar-refractivity contribution in [2.75, 3.05) is 26.7 Å². The summed E-state index contributed by atoms with van der Waals surface area (Å²) < 4.78 is 5.32. The minimum Gasteiger partial charge on any atom is -0.465 e. The molecule has 4 rings (SSSR count). The Morgan fingerprint density at radius 3 is 2.65 bits per heavy atom. The average Bonchev–Trinajstić information content (AvgIpc) is 2.98. The van der Waals surface area contributed by atoms with Gasteiger partial charge in [0.25, 0.3) is 0 Å². The summed E-state index contributed by atoms with van der Waals surface area (Å²) in [5.41, 5.74) is 2.50. The first-order chi connectivity index (χ1) is 19.4. The molecule has 2 fully saturated rings. The van der Waals surface area contributed by atoms with Gasteiger partial charge in [0, 0.05) is 32.3 Å². The minimum absolute atomic E-state index is 0.0429. The summed E-state index contributed by atoms with van der Waals surface area (Å²) >= 11 is 0. The number of likely N-dealkylation sites (N-methyl/N-ethyl adjacent to an activating group) is 1.